The Labute approximate surface area is 123 Å². The maximum Gasteiger partial charge on any atom is 0.285 e. The molecule has 1 aromatic carbocycles. The summed E-state index contributed by atoms with van der Waals surface area (Å²) in [5.74, 6) is -0.260. The van der Waals surface area contributed by atoms with Gasteiger partial charge in [0.05, 0.1) is 4.92 Å². The van der Waals surface area contributed by atoms with Crippen molar-refractivity contribution in [2.24, 2.45) is 0 Å². The van der Waals surface area contributed by atoms with Gasteiger partial charge < -0.3 is 10.2 Å². The Kier molecular flexibility index (Phi) is 5.47. The third-order valence-corrected chi connectivity index (χ3v) is 3.31. The van der Waals surface area contributed by atoms with Gasteiger partial charge in [0, 0.05) is 31.2 Å². The lowest BCUT2D eigenvalue weighted by Crippen LogP contribution is -2.51. The zero-order valence-electron chi connectivity index (χ0n) is 11.5. The first-order chi connectivity index (χ1) is 9.00. The van der Waals surface area contributed by atoms with Crippen molar-refractivity contribution < 1.29 is 9.72 Å². The molecule has 1 aliphatic heterocycles. The largest absolute Gasteiger partial charge is 0.336 e. The van der Waals surface area contributed by atoms with E-state index in [2.05, 4.69) is 5.32 Å². The fourth-order valence-electron chi connectivity index (χ4n) is 2.36. The van der Waals surface area contributed by atoms with Crippen molar-refractivity contribution in [3.05, 3.63) is 39.4 Å². The minimum atomic E-state index is -0.478. The number of hydrogen-bond acceptors (Lipinski definition) is 4. The predicted octanol–water partition coefficient (Wildman–Crippen LogP) is 1.76. The highest BCUT2D eigenvalue weighted by atomic mass is 35.5. The minimum Gasteiger partial charge on any atom is -0.336 e. The first-order valence-corrected chi connectivity index (χ1v) is 6.27. The number of carbonyl (C=O) groups excluding carboxylic acids is 1. The van der Waals surface area contributed by atoms with E-state index in [1.165, 1.54) is 6.07 Å². The van der Waals surface area contributed by atoms with Gasteiger partial charge in [0.15, 0.2) is 0 Å². The van der Waals surface area contributed by atoms with Crippen LogP contribution in [-0.2, 0) is 0 Å². The second kappa shape index (κ2) is 6.67. The maximum atomic E-state index is 12.4. The zero-order valence-corrected chi connectivity index (χ0v) is 12.3. The van der Waals surface area contributed by atoms with Crippen LogP contribution < -0.4 is 5.32 Å². The van der Waals surface area contributed by atoms with Gasteiger partial charge in [-0.2, -0.15) is 0 Å². The van der Waals surface area contributed by atoms with E-state index in [0.717, 1.165) is 0 Å². The molecule has 6 nitrogen and oxygen atoms in total. The SMILES string of the molecule is Cc1cccc(C(=O)N2CCNC(C)C2)c1[N+](=O)[O-].Cl. The molecule has 1 aromatic rings. The Bertz CT molecular complexity index is 522. The van der Waals surface area contributed by atoms with Crippen LogP contribution in [0.1, 0.15) is 22.8 Å². The Morgan fingerprint density at radius 2 is 2.20 bits per heavy atom. The number of amides is 1. The lowest BCUT2D eigenvalue weighted by molar-refractivity contribution is -0.385. The summed E-state index contributed by atoms with van der Waals surface area (Å²) < 4.78 is 0. The first kappa shape index (κ1) is 16.4. The smallest absolute Gasteiger partial charge is 0.285 e. The molecule has 1 unspecified atom stereocenters. The summed E-state index contributed by atoms with van der Waals surface area (Å²) in [7, 11) is 0. The number of hydrogen-bond donors (Lipinski definition) is 1. The number of halogens is 1. The number of piperazine rings is 1. The van der Waals surface area contributed by atoms with Gasteiger partial charge in [0.25, 0.3) is 11.6 Å². The standard InChI is InChI=1S/C13H17N3O3.ClH/c1-9-4-3-5-11(12(9)16(18)19)13(17)15-7-6-14-10(2)8-15;/h3-5,10,14H,6-8H2,1-2H3;1H. The highest BCUT2D eigenvalue weighted by molar-refractivity contribution is 5.98. The molecule has 110 valence electrons. The van der Waals surface area contributed by atoms with Gasteiger partial charge in [-0.3, -0.25) is 14.9 Å². The van der Waals surface area contributed by atoms with Crippen molar-refractivity contribution in [1.29, 1.82) is 0 Å². The van der Waals surface area contributed by atoms with E-state index < -0.39 is 4.92 Å². The predicted molar refractivity (Wildman–Crippen MR) is 78.4 cm³/mol. The van der Waals surface area contributed by atoms with E-state index >= 15 is 0 Å². The molecule has 1 atom stereocenters. The van der Waals surface area contributed by atoms with Gasteiger partial charge in [-0.25, -0.2) is 0 Å². The first-order valence-electron chi connectivity index (χ1n) is 6.27. The second-order valence-corrected chi connectivity index (χ2v) is 4.83. The average molecular weight is 300 g/mol. The fraction of sp³-hybridized carbons (Fsp3) is 0.462. The van der Waals surface area contributed by atoms with Crippen molar-refractivity contribution in [2.45, 2.75) is 19.9 Å². The van der Waals surface area contributed by atoms with Crippen LogP contribution in [0.4, 0.5) is 5.69 Å². The molecule has 1 fully saturated rings. The Morgan fingerprint density at radius 1 is 1.50 bits per heavy atom. The highest BCUT2D eigenvalue weighted by Gasteiger charge is 2.28. The molecule has 1 heterocycles. The zero-order chi connectivity index (χ0) is 14.0. The molecule has 0 bridgehead atoms. The third kappa shape index (κ3) is 3.26. The number of rotatable bonds is 2. The quantitative estimate of drug-likeness (QED) is 0.667. The van der Waals surface area contributed by atoms with E-state index in [4.69, 9.17) is 0 Å². The summed E-state index contributed by atoms with van der Waals surface area (Å²) >= 11 is 0. The van der Waals surface area contributed by atoms with Crippen LogP contribution in [0.5, 0.6) is 0 Å². The third-order valence-electron chi connectivity index (χ3n) is 3.31. The molecular formula is C13H18ClN3O3. The number of para-hydroxylation sites is 1. The summed E-state index contributed by atoms with van der Waals surface area (Å²) in [4.78, 5) is 24.7. The van der Waals surface area contributed by atoms with E-state index in [-0.39, 0.29) is 35.6 Å². The number of nitrogens with one attached hydrogen (secondary N) is 1. The second-order valence-electron chi connectivity index (χ2n) is 4.83. The minimum absolute atomic E-state index is 0. The van der Waals surface area contributed by atoms with Crippen molar-refractivity contribution in [2.75, 3.05) is 19.6 Å². The molecule has 0 radical (unpaired) electrons. The molecule has 1 saturated heterocycles. The van der Waals surface area contributed by atoms with E-state index in [0.29, 0.717) is 25.2 Å². The normalized spacial score (nSPS) is 18.3. The van der Waals surface area contributed by atoms with E-state index in [1.54, 1.807) is 24.0 Å². The van der Waals surface area contributed by atoms with Crippen LogP contribution in [0, 0.1) is 17.0 Å². The van der Waals surface area contributed by atoms with E-state index in [9.17, 15) is 14.9 Å². The Hall–Kier alpha value is -1.66. The number of nitro groups is 1. The van der Waals surface area contributed by atoms with Crippen molar-refractivity contribution >= 4 is 24.0 Å². The fourth-order valence-corrected chi connectivity index (χ4v) is 2.36. The highest BCUT2D eigenvalue weighted by Crippen LogP contribution is 2.24. The lowest BCUT2D eigenvalue weighted by Gasteiger charge is -2.31. The van der Waals surface area contributed by atoms with Crippen molar-refractivity contribution in [3.8, 4) is 0 Å². The Balaban J connectivity index is 0.00000200. The van der Waals surface area contributed by atoms with Gasteiger partial charge in [0.1, 0.15) is 5.56 Å². The summed E-state index contributed by atoms with van der Waals surface area (Å²) in [6, 6.07) is 5.07. The van der Waals surface area contributed by atoms with Crippen LogP contribution >= 0.6 is 12.4 Å². The Morgan fingerprint density at radius 3 is 2.80 bits per heavy atom. The lowest BCUT2D eigenvalue weighted by atomic mass is 10.1. The molecule has 0 spiro atoms. The van der Waals surface area contributed by atoms with Gasteiger partial charge in [0.2, 0.25) is 0 Å². The number of aryl methyl sites for hydroxylation is 1. The molecule has 1 aliphatic rings. The van der Waals surface area contributed by atoms with Crippen LogP contribution in [0.3, 0.4) is 0 Å². The monoisotopic (exact) mass is 299 g/mol. The number of nitrogens with zero attached hydrogens (tertiary/aromatic N) is 2. The number of carbonyl (C=O) groups is 1. The summed E-state index contributed by atoms with van der Waals surface area (Å²) in [6.07, 6.45) is 0. The molecule has 7 heteroatoms. The van der Waals surface area contributed by atoms with Gasteiger partial charge in [-0.05, 0) is 19.9 Å². The molecule has 0 aromatic heterocycles. The topological polar surface area (TPSA) is 75.5 Å². The van der Waals surface area contributed by atoms with Crippen LogP contribution in [0.25, 0.3) is 0 Å². The molecule has 0 aliphatic carbocycles. The van der Waals surface area contributed by atoms with Gasteiger partial charge in [-0.15, -0.1) is 12.4 Å². The van der Waals surface area contributed by atoms with Crippen molar-refractivity contribution in [1.82, 2.24) is 10.2 Å². The van der Waals surface area contributed by atoms with Crippen LogP contribution in [-0.4, -0.2) is 41.4 Å². The number of nitro benzene ring substituents is 1. The maximum absolute atomic E-state index is 12.4. The molecule has 1 N–H and O–H groups in total. The molecule has 2 rings (SSSR count). The van der Waals surface area contributed by atoms with Gasteiger partial charge in [-0.1, -0.05) is 12.1 Å². The molecule has 20 heavy (non-hydrogen) atoms. The molecular weight excluding hydrogens is 282 g/mol. The average Bonchev–Trinajstić information content (AvgIpc) is 2.37. The van der Waals surface area contributed by atoms with Crippen LogP contribution in [0.15, 0.2) is 18.2 Å². The number of benzene rings is 1. The van der Waals surface area contributed by atoms with Crippen molar-refractivity contribution in [3.63, 3.8) is 0 Å². The molecule has 1 amide bonds. The summed E-state index contributed by atoms with van der Waals surface area (Å²) in [5, 5.41) is 14.4. The van der Waals surface area contributed by atoms with Crippen LogP contribution in [0.2, 0.25) is 0 Å². The summed E-state index contributed by atoms with van der Waals surface area (Å²) in [6.45, 7) is 5.50. The molecule has 0 saturated carbocycles. The van der Waals surface area contributed by atoms with E-state index in [1.807, 2.05) is 6.92 Å². The summed E-state index contributed by atoms with van der Waals surface area (Å²) in [5.41, 5.74) is 0.608. The van der Waals surface area contributed by atoms with Gasteiger partial charge >= 0.3 is 0 Å².